The number of nitrogens with zero attached hydrogens (tertiary/aromatic N) is 2. The zero-order chi connectivity index (χ0) is 9.42. The minimum atomic E-state index is 0.0148. The molecule has 1 aliphatic heterocycles. The monoisotopic (exact) mass is 324 g/mol. The molecule has 1 atom stereocenters. The highest BCUT2D eigenvalue weighted by atomic mass is 79.9. The molecular formula is C7H6Br2N2OS. The zero-order valence-electron chi connectivity index (χ0n) is 6.54. The topological polar surface area (TPSA) is 34.9 Å². The molecule has 70 valence electrons. The van der Waals surface area contributed by atoms with E-state index in [1.165, 1.54) is 0 Å². The first-order valence-electron chi connectivity index (χ1n) is 3.70. The zero-order valence-corrected chi connectivity index (χ0v) is 10.5. The van der Waals surface area contributed by atoms with Crippen molar-refractivity contribution < 1.29 is 0 Å². The molecule has 0 bridgehead atoms. The highest BCUT2D eigenvalue weighted by molar-refractivity contribution is 9.10. The smallest absolute Gasteiger partial charge is 0.268 e. The lowest BCUT2D eigenvalue weighted by Gasteiger charge is -2.00. The van der Waals surface area contributed by atoms with Crippen molar-refractivity contribution in [2.45, 2.75) is 17.0 Å². The lowest BCUT2D eigenvalue weighted by molar-refractivity contribution is 0.618. The molecule has 0 radical (unpaired) electrons. The van der Waals surface area contributed by atoms with Crippen molar-refractivity contribution in [3.05, 3.63) is 21.0 Å². The highest BCUT2D eigenvalue weighted by Gasteiger charge is 2.23. The fourth-order valence-electron chi connectivity index (χ4n) is 1.18. The predicted octanol–water partition coefficient (Wildman–Crippen LogP) is 1.88. The Morgan fingerprint density at radius 1 is 1.77 bits per heavy atom. The van der Waals surface area contributed by atoms with Crippen molar-refractivity contribution in [1.82, 2.24) is 9.55 Å². The number of halogens is 2. The maximum Gasteiger partial charge on any atom is 0.268 e. The van der Waals surface area contributed by atoms with Crippen LogP contribution in [0.4, 0.5) is 0 Å². The SMILES string of the molecule is O=c1c(Br)cnc2n1CC(CBr)S2. The fourth-order valence-corrected chi connectivity index (χ4v) is 3.08. The maximum absolute atomic E-state index is 11.6. The number of hydrogen-bond acceptors (Lipinski definition) is 3. The summed E-state index contributed by atoms with van der Waals surface area (Å²) in [4.78, 5) is 15.7. The summed E-state index contributed by atoms with van der Waals surface area (Å²) in [6.07, 6.45) is 1.57. The molecule has 0 saturated carbocycles. The Labute approximate surface area is 96.2 Å². The molecule has 1 unspecified atom stereocenters. The highest BCUT2D eigenvalue weighted by Crippen LogP contribution is 2.29. The second kappa shape index (κ2) is 3.74. The average molecular weight is 326 g/mol. The third-order valence-corrected chi connectivity index (χ3v) is 4.74. The van der Waals surface area contributed by atoms with Crippen molar-refractivity contribution in [2.75, 3.05) is 5.33 Å². The Morgan fingerprint density at radius 2 is 2.54 bits per heavy atom. The molecule has 1 aromatic heterocycles. The molecule has 13 heavy (non-hydrogen) atoms. The first kappa shape index (κ1) is 9.73. The van der Waals surface area contributed by atoms with Crippen LogP contribution in [0.1, 0.15) is 0 Å². The lowest BCUT2D eigenvalue weighted by atomic mass is 10.4. The third-order valence-electron chi connectivity index (χ3n) is 1.80. The van der Waals surface area contributed by atoms with Crippen LogP contribution in [0, 0.1) is 0 Å². The largest absolute Gasteiger partial charge is 0.285 e. The van der Waals surface area contributed by atoms with Crippen LogP contribution in [0.5, 0.6) is 0 Å². The number of thioether (sulfide) groups is 1. The van der Waals surface area contributed by atoms with E-state index in [4.69, 9.17) is 0 Å². The molecule has 0 amide bonds. The van der Waals surface area contributed by atoms with Gasteiger partial charge in [-0.1, -0.05) is 27.7 Å². The molecule has 0 N–H and O–H groups in total. The second-order valence-electron chi connectivity index (χ2n) is 2.70. The van der Waals surface area contributed by atoms with Gasteiger partial charge in [-0.05, 0) is 15.9 Å². The van der Waals surface area contributed by atoms with E-state index in [1.54, 1.807) is 22.5 Å². The van der Waals surface area contributed by atoms with E-state index in [9.17, 15) is 4.79 Å². The van der Waals surface area contributed by atoms with E-state index >= 15 is 0 Å². The fraction of sp³-hybridized carbons (Fsp3) is 0.429. The van der Waals surface area contributed by atoms with Crippen molar-refractivity contribution in [1.29, 1.82) is 0 Å². The van der Waals surface area contributed by atoms with Crippen LogP contribution in [0.2, 0.25) is 0 Å². The van der Waals surface area contributed by atoms with Crippen LogP contribution in [0.3, 0.4) is 0 Å². The summed E-state index contributed by atoms with van der Waals surface area (Å²) < 4.78 is 2.24. The molecule has 3 nitrogen and oxygen atoms in total. The van der Waals surface area contributed by atoms with E-state index in [1.807, 2.05) is 0 Å². The van der Waals surface area contributed by atoms with E-state index in [-0.39, 0.29) is 5.56 Å². The van der Waals surface area contributed by atoms with E-state index in [0.29, 0.717) is 9.72 Å². The van der Waals surface area contributed by atoms with E-state index in [0.717, 1.165) is 17.0 Å². The summed E-state index contributed by atoms with van der Waals surface area (Å²) in [6, 6.07) is 0. The van der Waals surface area contributed by atoms with Gasteiger partial charge in [0.1, 0.15) is 4.47 Å². The van der Waals surface area contributed by atoms with Crippen LogP contribution < -0.4 is 5.56 Å². The Bertz CT molecular complexity index is 393. The summed E-state index contributed by atoms with van der Waals surface area (Å²) >= 11 is 8.22. The number of rotatable bonds is 1. The van der Waals surface area contributed by atoms with Gasteiger partial charge in [0.25, 0.3) is 5.56 Å². The Hall–Kier alpha value is 0.190. The molecular weight excluding hydrogens is 320 g/mol. The summed E-state index contributed by atoms with van der Waals surface area (Å²) in [5, 5.41) is 2.13. The van der Waals surface area contributed by atoms with E-state index in [2.05, 4.69) is 36.8 Å². The lowest BCUT2D eigenvalue weighted by Crippen LogP contribution is -2.22. The molecule has 1 aromatic rings. The van der Waals surface area contributed by atoms with Crippen molar-refractivity contribution in [3.8, 4) is 0 Å². The average Bonchev–Trinajstić information content (AvgIpc) is 2.55. The van der Waals surface area contributed by atoms with Crippen LogP contribution in [-0.2, 0) is 6.54 Å². The maximum atomic E-state index is 11.6. The minimum absolute atomic E-state index is 0.0148. The Kier molecular flexibility index (Phi) is 2.80. The van der Waals surface area contributed by atoms with Crippen LogP contribution >= 0.6 is 43.6 Å². The van der Waals surface area contributed by atoms with Gasteiger partial charge >= 0.3 is 0 Å². The van der Waals surface area contributed by atoms with Gasteiger partial charge < -0.3 is 0 Å². The summed E-state index contributed by atoms with van der Waals surface area (Å²) in [5.41, 5.74) is 0.0148. The summed E-state index contributed by atoms with van der Waals surface area (Å²) in [5.74, 6) is 0. The van der Waals surface area contributed by atoms with E-state index < -0.39 is 0 Å². The van der Waals surface area contributed by atoms with Crippen LogP contribution in [0.25, 0.3) is 0 Å². The molecule has 0 spiro atoms. The van der Waals surface area contributed by atoms with Crippen LogP contribution in [0.15, 0.2) is 20.6 Å². The second-order valence-corrected chi connectivity index (χ2v) is 5.47. The molecule has 1 aliphatic rings. The van der Waals surface area contributed by atoms with Crippen LogP contribution in [-0.4, -0.2) is 20.1 Å². The normalized spacial score (nSPS) is 20.3. The molecule has 0 fully saturated rings. The van der Waals surface area contributed by atoms with Crippen molar-refractivity contribution >= 4 is 43.6 Å². The van der Waals surface area contributed by atoms with Gasteiger partial charge in [-0.2, -0.15) is 0 Å². The van der Waals surface area contributed by atoms with Gasteiger partial charge in [0, 0.05) is 23.3 Å². The first-order valence-corrected chi connectivity index (χ1v) is 6.49. The number of aromatic nitrogens is 2. The van der Waals surface area contributed by atoms with Crippen molar-refractivity contribution in [2.24, 2.45) is 0 Å². The number of hydrogen-bond donors (Lipinski definition) is 0. The summed E-state index contributed by atoms with van der Waals surface area (Å²) in [7, 11) is 0. The quantitative estimate of drug-likeness (QED) is 0.584. The molecule has 0 aromatic carbocycles. The predicted molar refractivity (Wildman–Crippen MR) is 59.6 cm³/mol. The molecule has 2 heterocycles. The molecule has 6 heteroatoms. The van der Waals surface area contributed by atoms with Gasteiger partial charge in [-0.15, -0.1) is 0 Å². The molecule has 0 saturated heterocycles. The minimum Gasteiger partial charge on any atom is -0.285 e. The Morgan fingerprint density at radius 3 is 3.23 bits per heavy atom. The molecule has 2 rings (SSSR count). The summed E-state index contributed by atoms with van der Waals surface area (Å²) in [6.45, 7) is 0.747. The third kappa shape index (κ3) is 1.71. The number of alkyl halides is 1. The standard InChI is InChI=1S/C7H6Br2N2OS/c8-1-4-3-11-6(12)5(9)2-10-7(11)13-4/h2,4H,1,3H2. The van der Waals surface area contributed by atoms with Gasteiger partial charge in [-0.3, -0.25) is 9.36 Å². The van der Waals surface area contributed by atoms with Gasteiger partial charge in [0.2, 0.25) is 0 Å². The number of fused-ring (bicyclic) bond motifs is 1. The van der Waals surface area contributed by atoms with Gasteiger partial charge in [-0.25, -0.2) is 4.98 Å². The first-order chi connectivity index (χ1) is 6.22. The van der Waals surface area contributed by atoms with Crippen molar-refractivity contribution in [3.63, 3.8) is 0 Å². The van der Waals surface area contributed by atoms with Gasteiger partial charge in [0.15, 0.2) is 5.16 Å². The Balaban J connectivity index is 2.47. The molecule has 0 aliphatic carbocycles. The van der Waals surface area contributed by atoms with Gasteiger partial charge in [0.05, 0.1) is 0 Å².